The van der Waals surface area contributed by atoms with Gasteiger partial charge in [0, 0.05) is 36.4 Å². The second-order valence-corrected chi connectivity index (χ2v) is 7.38. The molecule has 2 aliphatic heterocycles. The number of hydrogen-bond acceptors (Lipinski definition) is 6. The molecule has 0 radical (unpaired) electrons. The number of amides is 1. The van der Waals surface area contributed by atoms with Crippen molar-refractivity contribution in [3.63, 3.8) is 0 Å². The predicted molar refractivity (Wildman–Crippen MR) is 92.9 cm³/mol. The summed E-state index contributed by atoms with van der Waals surface area (Å²) >= 11 is 1.45. The Morgan fingerprint density at radius 3 is 2.79 bits per heavy atom. The summed E-state index contributed by atoms with van der Waals surface area (Å²) in [5.74, 6) is 0.0594. The number of likely N-dealkylation sites (N-methyl/N-ethyl adjacent to an activating group) is 1. The van der Waals surface area contributed by atoms with Gasteiger partial charge in [0.2, 0.25) is 0 Å². The SMILES string of the molecule is CN1CCC[C@H]1[C@@H]1CCCN1C(=O)c1csc(-c2cnccn2)n1. The topological polar surface area (TPSA) is 62.2 Å². The molecule has 4 rings (SSSR count). The van der Waals surface area contributed by atoms with Crippen molar-refractivity contribution in [1.82, 2.24) is 24.8 Å². The largest absolute Gasteiger partial charge is 0.333 e. The normalized spacial score (nSPS) is 24.6. The molecule has 0 aliphatic carbocycles. The van der Waals surface area contributed by atoms with Crippen molar-refractivity contribution in [1.29, 1.82) is 0 Å². The maximum Gasteiger partial charge on any atom is 0.273 e. The summed E-state index contributed by atoms with van der Waals surface area (Å²) in [6.45, 7) is 1.97. The number of carbonyl (C=O) groups excluding carboxylic acids is 1. The van der Waals surface area contributed by atoms with Crippen molar-refractivity contribution < 1.29 is 4.79 Å². The fourth-order valence-electron chi connectivity index (χ4n) is 3.91. The number of carbonyl (C=O) groups is 1. The van der Waals surface area contributed by atoms with Gasteiger partial charge in [-0.15, -0.1) is 11.3 Å². The van der Waals surface area contributed by atoms with Gasteiger partial charge in [0.25, 0.3) is 5.91 Å². The molecular weight excluding hydrogens is 322 g/mol. The Kier molecular flexibility index (Phi) is 4.28. The van der Waals surface area contributed by atoms with E-state index in [2.05, 4.69) is 26.9 Å². The molecule has 126 valence electrons. The van der Waals surface area contributed by atoms with Crippen molar-refractivity contribution >= 4 is 17.2 Å². The quantitative estimate of drug-likeness (QED) is 0.856. The number of likely N-dealkylation sites (tertiary alicyclic amines) is 2. The lowest BCUT2D eigenvalue weighted by Gasteiger charge is -2.32. The van der Waals surface area contributed by atoms with Crippen LogP contribution in [0, 0.1) is 0 Å². The van der Waals surface area contributed by atoms with E-state index in [1.54, 1.807) is 18.6 Å². The summed E-state index contributed by atoms with van der Waals surface area (Å²) in [5, 5.41) is 2.60. The molecule has 2 atom stereocenters. The number of rotatable bonds is 3. The van der Waals surface area contributed by atoms with Gasteiger partial charge in [-0.25, -0.2) is 4.98 Å². The van der Waals surface area contributed by atoms with Crippen LogP contribution in [-0.2, 0) is 0 Å². The highest BCUT2D eigenvalue weighted by atomic mass is 32.1. The zero-order valence-electron chi connectivity index (χ0n) is 13.8. The molecule has 4 heterocycles. The van der Waals surface area contributed by atoms with Crippen LogP contribution >= 0.6 is 11.3 Å². The van der Waals surface area contributed by atoms with E-state index in [0.29, 0.717) is 17.8 Å². The van der Waals surface area contributed by atoms with E-state index in [9.17, 15) is 4.79 Å². The molecule has 0 saturated carbocycles. The molecular formula is C17H21N5OS. The maximum atomic E-state index is 13.0. The van der Waals surface area contributed by atoms with E-state index in [1.165, 1.54) is 24.2 Å². The summed E-state index contributed by atoms with van der Waals surface area (Å²) in [7, 11) is 2.17. The monoisotopic (exact) mass is 343 g/mol. The zero-order chi connectivity index (χ0) is 16.5. The first-order valence-corrected chi connectivity index (χ1v) is 9.35. The second-order valence-electron chi connectivity index (χ2n) is 6.53. The molecule has 2 saturated heterocycles. The van der Waals surface area contributed by atoms with Crippen LogP contribution in [0.15, 0.2) is 24.0 Å². The average Bonchev–Trinajstić information content (AvgIpc) is 3.35. The van der Waals surface area contributed by atoms with Gasteiger partial charge in [-0.1, -0.05) is 0 Å². The summed E-state index contributed by atoms with van der Waals surface area (Å²) in [6, 6.07) is 0.821. The van der Waals surface area contributed by atoms with Crippen LogP contribution in [0.1, 0.15) is 36.2 Å². The minimum atomic E-state index is 0.0594. The van der Waals surface area contributed by atoms with Gasteiger partial charge in [-0.3, -0.25) is 14.8 Å². The van der Waals surface area contributed by atoms with Crippen LogP contribution in [0.4, 0.5) is 0 Å². The smallest absolute Gasteiger partial charge is 0.273 e. The molecule has 1 amide bonds. The van der Waals surface area contributed by atoms with Crippen molar-refractivity contribution in [2.45, 2.75) is 37.8 Å². The minimum absolute atomic E-state index is 0.0594. The molecule has 7 heteroatoms. The number of aromatic nitrogens is 3. The molecule has 0 aromatic carbocycles. The van der Waals surface area contributed by atoms with Crippen LogP contribution in [0.3, 0.4) is 0 Å². The Labute approximate surface area is 145 Å². The summed E-state index contributed by atoms with van der Waals surface area (Å²) in [4.78, 5) is 30.3. The van der Waals surface area contributed by atoms with Crippen molar-refractivity contribution in [2.24, 2.45) is 0 Å². The van der Waals surface area contributed by atoms with Crippen molar-refractivity contribution in [3.8, 4) is 10.7 Å². The molecule has 2 fully saturated rings. The van der Waals surface area contributed by atoms with Crippen LogP contribution in [-0.4, -0.2) is 62.9 Å². The van der Waals surface area contributed by atoms with Crippen LogP contribution in [0.2, 0.25) is 0 Å². The standard InChI is InChI=1S/C17H21N5OS/c1-21-8-2-4-14(21)15-5-3-9-22(15)17(23)13-11-24-16(20-13)12-10-18-6-7-19-12/h6-7,10-11,14-15H,2-5,8-9H2,1H3/t14-,15-/m0/s1. The summed E-state index contributed by atoms with van der Waals surface area (Å²) < 4.78 is 0. The number of nitrogens with zero attached hydrogens (tertiary/aromatic N) is 5. The minimum Gasteiger partial charge on any atom is -0.333 e. The van der Waals surface area contributed by atoms with Crippen molar-refractivity contribution in [2.75, 3.05) is 20.1 Å². The highest BCUT2D eigenvalue weighted by molar-refractivity contribution is 7.13. The first-order chi connectivity index (χ1) is 11.7. The van der Waals surface area contributed by atoms with E-state index in [-0.39, 0.29) is 5.91 Å². The van der Waals surface area contributed by atoms with Gasteiger partial charge in [-0.05, 0) is 39.3 Å². The Balaban J connectivity index is 1.54. The van der Waals surface area contributed by atoms with Crippen LogP contribution in [0.5, 0.6) is 0 Å². The van der Waals surface area contributed by atoms with Gasteiger partial charge in [0.1, 0.15) is 16.4 Å². The molecule has 0 spiro atoms. The maximum absolute atomic E-state index is 13.0. The third-order valence-corrected chi connectivity index (χ3v) is 5.95. The summed E-state index contributed by atoms with van der Waals surface area (Å²) in [5.41, 5.74) is 1.25. The van der Waals surface area contributed by atoms with Crippen LogP contribution < -0.4 is 0 Å². The van der Waals surface area contributed by atoms with E-state index in [4.69, 9.17) is 0 Å². The third kappa shape index (κ3) is 2.82. The van der Waals surface area contributed by atoms with Gasteiger partial charge < -0.3 is 9.80 Å². The Bertz CT molecular complexity index is 719. The lowest BCUT2D eigenvalue weighted by molar-refractivity contribution is 0.0659. The Morgan fingerprint density at radius 2 is 2.04 bits per heavy atom. The molecule has 2 aromatic heterocycles. The number of hydrogen-bond donors (Lipinski definition) is 0. The van der Waals surface area contributed by atoms with Crippen molar-refractivity contribution in [3.05, 3.63) is 29.7 Å². The highest BCUT2D eigenvalue weighted by Crippen LogP contribution is 2.31. The fraction of sp³-hybridized carbons (Fsp3) is 0.529. The van der Waals surface area contributed by atoms with E-state index in [0.717, 1.165) is 36.6 Å². The van der Waals surface area contributed by atoms with E-state index < -0.39 is 0 Å². The molecule has 0 unspecified atom stereocenters. The highest BCUT2D eigenvalue weighted by Gasteiger charge is 2.39. The number of thiazole rings is 1. The molecule has 0 bridgehead atoms. The Hall–Kier alpha value is -1.86. The summed E-state index contributed by atoms with van der Waals surface area (Å²) in [6.07, 6.45) is 9.56. The van der Waals surface area contributed by atoms with E-state index >= 15 is 0 Å². The molecule has 6 nitrogen and oxygen atoms in total. The first kappa shape index (κ1) is 15.7. The van der Waals surface area contributed by atoms with Gasteiger partial charge in [-0.2, -0.15) is 0 Å². The molecule has 0 N–H and O–H groups in total. The second kappa shape index (κ2) is 6.57. The zero-order valence-corrected chi connectivity index (χ0v) is 14.6. The lowest BCUT2D eigenvalue weighted by atomic mass is 10.0. The third-order valence-electron chi connectivity index (χ3n) is 5.09. The lowest BCUT2D eigenvalue weighted by Crippen LogP contribution is -2.47. The fourth-order valence-corrected chi connectivity index (χ4v) is 4.67. The van der Waals surface area contributed by atoms with E-state index in [1.807, 2.05) is 10.3 Å². The van der Waals surface area contributed by atoms with Gasteiger partial charge in [0.15, 0.2) is 0 Å². The molecule has 24 heavy (non-hydrogen) atoms. The molecule has 2 aliphatic rings. The average molecular weight is 343 g/mol. The van der Waals surface area contributed by atoms with Crippen LogP contribution in [0.25, 0.3) is 10.7 Å². The predicted octanol–water partition coefficient (Wildman–Crippen LogP) is 2.30. The Morgan fingerprint density at radius 1 is 1.21 bits per heavy atom. The molecule has 2 aromatic rings. The first-order valence-electron chi connectivity index (χ1n) is 8.47. The van der Waals surface area contributed by atoms with Gasteiger partial charge in [0.05, 0.1) is 6.20 Å². The van der Waals surface area contributed by atoms with Gasteiger partial charge >= 0.3 is 0 Å².